The number of rotatable bonds is 77. The van der Waals surface area contributed by atoms with Gasteiger partial charge in [-0.15, -0.1) is 0 Å². The first kappa shape index (κ1) is 87.8. The molecule has 0 saturated carbocycles. The van der Waals surface area contributed by atoms with Crippen molar-refractivity contribution in [2.45, 2.75) is 463 Å². The number of aliphatic hydroxyl groups excluding tert-OH is 2. The quantitative estimate of drug-likeness (QED) is 0.0320. The second-order valence-corrected chi connectivity index (χ2v) is 28.1. The van der Waals surface area contributed by atoms with Gasteiger partial charge in [-0.25, -0.2) is 0 Å². The van der Waals surface area contributed by atoms with E-state index in [1.165, 1.54) is 360 Å². The topological polar surface area (TPSA) is 95.9 Å². The van der Waals surface area contributed by atoms with Crippen LogP contribution in [-0.4, -0.2) is 47.4 Å². The normalized spacial score (nSPS) is 12.7. The first-order valence-electron chi connectivity index (χ1n) is 40.9. The maximum absolute atomic E-state index is 12.6. The average Bonchev–Trinajstić information content (AvgIpc) is 3.68. The van der Waals surface area contributed by atoms with Crippen LogP contribution in [0.15, 0.2) is 48.6 Å². The molecule has 2 atom stereocenters. The Morgan fingerprint density at radius 2 is 0.567 bits per heavy atom. The van der Waals surface area contributed by atoms with Gasteiger partial charge in [0.1, 0.15) is 0 Å². The van der Waals surface area contributed by atoms with Crippen LogP contribution >= 0.6 is 0 Å². The van der Waals surface area contributed by atoms with E-state index < -0.39 is 12.1 Å². The summed E-state index contributed by atoms with van der Waals surface area (Å²) in [6, 6.07) is -0.541. The molecule has 0 aliphatic heterocycles. The van der Waals surface area contributed by atoms with E-state index in [-0.39, 0.29) is 18.5 Å². The molecule has 530 valence electrons. The summed E-state index contributed by atoms with van der Waals surface area (Å²) >= 11 is 0. The number of aliphatic hydroxyl groups is 2. The molecule has 0 radical (unpaired) electrons. The zero-order valence-electron chi connectivity index (χ0n) is 60.9. The molecule has 0 bridgehead atoms. The molecule has 0 saturated heterocycles. The summed E-state index contributed by atoms with van der Waals surface area (Å²) in [5, 5.41) is 23.5. The highest BCUT2D eigenvalue weighted by Gasteiger charge is 2.20. The summed E-state index contributed by atoms with van der Waals surface area (Å²) in [4.78, 5) is 24.6. The van der Waals surface area contributed by atoms with Crippen molar-refractivity contribution < 1.29 is 24.5 Å². The molecule has 0 heterocycles. The Morgan fingerprint density at radius 1 is 0.311 bits per heavy atom. The monoisotopic (exact) mass is 1260 g/mol. The Labute approximate surface area is 563 Å². The van der Waals surface area contributed by atoms with Crippen LogP contribution < -0.4 is 5.32 Å². The van der Waals surface area contributed by atoms with Crippen LogP contribution in [0.1, 0.15) is 450 Å². The number of hydrogen-bond acceptors (Lipinski definition) is 5. The van der Waals surface area contributed by atoms with Gasteiger partial charge in [0, 0.05) is 12.8 Å². The smallest absolute Gasteiger partial charge is 0.305 e. The van der Waals surface area contributed by atoms with Gasteiger partial charge < -0.3 is 20.3 Å². The minimum atomic E-state index is -0.664. The maximum atomic E-state index is 12.6. The third-order valence-corrected chi connectivity index (χ3v) is 19.1. The van der Waals surface area contributed by atoms with Crippen molar-refractivity contribution in [3.63, 3.8) is 0 Å². The van der Waals surface area contributed by atoms with Gasteiger partial charge in [0.25, 0.3) is 0 Å². The molecular weight excluding hydrogens is 1100 g/mol. The van der Waals surface area contributed by atoms with E-state index in [9.17, 15) is 19.8 Å². The molecule has 6 nitrogen and oxygen atoms in total. The SMILES string of the molecule is CCCC/C=C\C/C=C\CCCCCCCC(=O)OCCCCCCCCCCCCCCC/C=C\C/C=C\CCCCCCCCCCCCCCCCCCCC(=O)NC(CO)C(O)CCCCCCCCCCCCCCCCCCCCCCCC. The van der Waals surface area contributed by atoms with E-state index in [1.54, 1.807) is 0 Å². The lowest BCUT2D eigenvalue weighted by Crippen LogP contribution is -2.45. The van der Waals surface area contributed by atoms with Crippen LogP contribution in [0.25, 0.3) is 0 Å². The standard InChI is InChI=1S/C84H159NO5/c1-3-5-7-9-11-13-15-17-19-20-21-22-40-43-46-49-52-56-60-64-68-72-76-82(87)81(80-86)85-83(88)77-73-69-65-61-57-53-50-47-44-41-38-36-34-32-30-28-26-24-23-25-27-29-31-33-35-37-39-42-45-48-51-55-59-63-67-71-75-79-90-84(89)78-74-70-66-62-58-54-18-16-14-12-10-8-6-4-2/h10,12,16,18,23,25,29,31,81-82,86-87H,3-9,11,13-15,17,19-22,24,26-28,30,32-80H2,1-2H3,(H,85,88)/b12-10-,18-16-,25-23-,31-29-. The fourth-order valence-corrected chi connectivity index (χ4v) is 12.9. The van der Waals surface area contributed by atoms with Gasteiger partial charge in [0.15, 0.2) is 0 Å². The lowest BCUT2D eigenvalue weighted by molar-refractivity contribution is -0.143. The summed E-state index contributed by atoms with van der Waals surface area (Å²) in [6.45, 7) is 4.95. The number of carbonyl (C=O) groups excluding carboxylic acids is 2. The van der Waals surface area contributed by atoms with Crippen LogP contribution in [0.5, 0.6) is 0 Å². The largest absolute Gasteiger partial charge is 0.466 e. The van der Waals surface area contributed by atoms with Crippen molar-refractivity contribution in [1.29, 1.82) is 0 Å². The van der Waals surface area contributed by atoms with Gasteiger partial charge in [0.05, 0.1) is 25.4 Å². The first-order chi connectivity index (χ1) is 44.5. The molecule has 90 heavy (non-hydrogen) atoms. The molecule has 6 heteroatoms. The summed E-state index contributed by atoms with van der Waals surface area (Å²) in [7, 11) is 0. The predicted molar refractivity (Wildman–Crippen MR) is 398 cm³/mol. The van der Waals surface area contributed by atoms with Crippen molar-refractivity contribution in [2.24, 2.45) is 0 Å². The van der Waals surface area contributed by atoms with E-state index in [1.807, 2.05) is 0 Å². The highest BCUT2D eigenvalue weighted by Crippen LogP contribution is 2.20. The predicted octanol–water partition coefficient (Wildman–Crippen LogP) is 27.2. The molecule has 2 unspecified atom stereocenters. The molecule has 0 aromatic heterocycles. The van der Waals surface area contributed by atoms with Crippen LogP contribution in [0.3, 0.4) is 0 Å². The zero-order valence-corrected chi connectivity index (χ0v) is 60.9. The van der Waals surface area contributed by atoms with Gasteiger partial charge in [0.2, 0.25) is 5.91 Å². The van der Waals surface area contributed by atoms with E-state index in [4.69, 9.17) is 4.74 Å². The summed E-state index contributed by atoms with van der Waals surface area (Å²) in [6.07, 6.45) is 105. The maximum Gasteiger partial charge on any atom is 0.305 e. The Bertz CT molecular complexity index is 1500. The molecule has 0 aliphatic rings. The highest BCUT2D eigenvalue weighted by molar-refractivity contribution is 5.76. The Hall–Kier alpha value is -2.18. The Kier molecular flexibility index (Phi) is 77.3. The molecule has 0 fully saturated rings. The molecule has 0 aromatic carbocycles. The van der Waals surface area contributed by atoms with Crippen LogP contribution in [0.4, 0.5) is 0 Å². The third-order valence-electron chi connectivity index (χ3n) is 19.1. The molecular formula is C84H159NO5. The van der Waals surface area contributed by atoms with Crippen LogP contribution in [-0.2, 0) is 14.3 Å². The van der Waals surface area contributed by atoms with Crippen molar-refractivity contribution >= 4 is 11.9 Å². The van der Waals surface area contributed by atoms with Gasteiger partial charge >= 0.3 is 5.97 Å². The summed E-state index contributed by atoms with van der Waals surface area (Å²) in [5.74, 6) is -0.0227. The lowest BCUT2D eigenvalue weighted by atomic mass is 10.0. The van der Waals surface area contributed by atoms with E-state index >= 15 is 0 Å². The van der Waals surface area contributed by atoms with Crippen LogP contribution in [0, 0.1) is 0 Å². The number of hydrogen-bond donors (Lipinski definition) is 3. The number of amides is 1. The molecule has 3 N–H and O–H groups in total. The number of carbonyl (C=O) groups is 2. The molecule has 0 rings (SSSR count). The van der Waals surface area contributed by atoms with Crippen LogP contribution in [0.2, 0.25) is 0 Å². The van der Waals surface area contributed by atoms with Crippen molar-refractivity contribution in [3.8, 4) is 0 Å². The third kappa shape index (κ3) is 74.9. The minimum absolute atomic E-state index is 0.00449. The van der Waals surface area contributed by atoms with E-state index in [2.05, 4.69) is 67.8 Å². The Balaban J connectivity index is 3.37. The van der Waals surface area contributed by atoms with Gasteiger partial charge in [-0.1, -0.05) is 403 Å². The molecule has 0 aromatic rings. The fourth-order valence-electron chi connectivity index (χ4n) is 12.9. The lowest BCUT2D eigenvalue weighted by Gasteiger charge is -2.22. The van der Waals surface area contributed by atoms with Crippen molar-refractivity contribution in [3.05, 3.63) is 48.6 Å². The van der Waals surface area contributed by atoms with Gasteiger partial charge in [-0.05, 0) is 83.5 Å². The molecule has 1 amide bonds. The zero-order chi connectivity index (χ0) is 64.9. The van der Waals surface area contributed by atoms with E-state index in [0.717, 1.165) is 57.8 Å². The van der Waals surface area contributed by atoms with E-state index in [0.29, 0.717) is 25.9 Å². The van der Waals surface area contributed by atoms with Crippen molar-refractivity contribution in [1.82, 2.24) is 5.32 Å². The fraction of sp³-hybridized carbons (Fsp3) is 0.881. The summed E-state index contributed by atoms with van der Waals surface area (Å²) < 4.78 is 5.49. The van der Waals surface area contributed by atoms with Gasteiger partial charge in [-0.3, -0.25) is 9.59 Å². The summed E-state index contributed by atoms with van der Waals surface area (Å²) in [5.41, 5.74) is 0. The van der Waals surface area contributed by atoms with Crippen molar-refractivity contribution in [2.75, 3.05) is 13.2 Å². The van der Waals surface area contributed by atoms with Gasteiger partial charge in [-0.2, -0.15) is 0 Å². The molecule has 0 spiro atoms. The minimum Gasteiger partial charge on any atom is -0.466 e. The number of nitrogens with one attached hydrogen (secondary N) is 1. The number of esters is 1. The first-order valence-corrected chi connectivity index (χ1v) is 40.9. The Morgan fingerprint density at radius 3 is 0.878 bits per heavy atom. The second kappa shape index (κ2) is 79.3. The average molecular weight is 1260 g/mol. The highest BCUT2D eigenvalue weighted by atomic mass is 16.5. The molecule has 0 aliphatic carbocycles. The second-order valence-electron chi connectivity index (χ2n) is 28.1. The number of allylic oxidation sites excluding steroid dienone is 8. The number of unbranched alkanes of at least 4 members (excludes halogenated alkanes) is 58. The number of ether oxygens (including phenoxy) is 1.